The summed E-state index contributed by atoms with van der Waals surface area (Å²) in [6.07, 6.45) is 5.46. The van der Waals surface area contributed by atoms with Gasteiger partial charge in [0.15, 0.2) is 5.21 Å². The number of halogens is 3. The van der Waals surface area contributed by atoms with Gasteiger partial charge < -0.3 is 4.90 Å². The molecular formula is C35H32ClF2N6O+. The summed E-state index contributed by atoms with van der Waals surface area (Å²) < 4.78 is 28.7. The van der Waals surface area contributed by atoms with Gasteiger partial charge in [0.25, 0.3) is 12.2 Å². The van der Waals surface area contributed by atoms with Gasteiger partial charge in [-0.2, -0.15) is 0 Å². The minimum absolute atomic E-state index is 0.00480. The molecule has 2 aliphatic rings. The smallest absolute Gasteiger partial charge is 0.293 e. The van der Waals surface area contributed by atoms with Gasteiger partial charge in [0.05, 0.1) is 0 Å². The Kier molecular flexibility index (Phi) is 7.87. The highest BCUT2D eigenvalue weighted by Crippen LogP contribution is 2.50. The molecule has 0 radical (unpaired) electrons. The van der Waals surface area contributed by atoms with E-state index in [0.29, 0.717) is 18.1 Å². The summed E-state index contributed by atoms with van der Waals surface area (Å²) >= 11 is 6.39. The summed E-state index contributed by atoms with van der Waals surface area (Å²) in [5.74, 6) is -4.08. The predicted molar refractivity (Wildman–Crippen MR) is 166 cm³/mol. The molecule has 1 amide bonds. The van der Waals surface area contributed by atoms with Gasteiger partial charge in [-0.15, -0.1) is 4.68 Å². The maximum atomic E-state index is 13.5. The Morgan fingerprint density at radius 1 is 1.02 bits per heavy atom. The van der Waals surface area contributed by atoms with Gasteiger partial charge in [-0.1, -0.05) is 77.5 Å². The van der Waals surface area contributed by atoms with Crippen molar-refractivity contribution in [2.75, 3.05) is 13.1 Å². The number of piperidine rings is 1. The summed E-state index contributed by atoms with van der Waals surface area (Å²) in [4.78, 5) is 19.1. The summed E-state index contributed by atoms with van der Waals surface area (Å²) in [7, 11) is 0. The molecule has 3 aromatic carbocycles. The van der Waals surface area contributed by atoms with Crippen molar-refractivity contribution >= 4 is 17.5 Å². The van der Waals surface area contributed by atoms with Crippen LogP contribution in [0, 0.1) is 5.92 Å². The first-order valence-corrected chi connectivity index (χ1v) is 15.6. The quantitative estimate of drug-likeness (QED) is 0.199. The molecule has 1 aliphatic carbocycles. The number of nitrogens with zero attached hydrogens (tertiary/aromatic N) is 5. The number of hydrogen-bond acceptors (Lipinski definition) is 4. The molecule has 1 aliphatic heterocycles. The van der Waals surface area contributed by atoms with Crippen LogP contribution in [0.15, 0.2) is 97.5 Å². The number of H-pyrrole nitrogens is 1. The highest BCUT2D eigenvalue weighted by atomic mass is 35.5. The maximum Gasteiger partial charge on any atom is 0.293 e. The van der Waals surface area contributed by atoms with Crippen LogP contribution in [-0.2, 0) is 11.2 Å². The van der Waals surface area contributed by atoms with Crippen LogP contribution in [0.5, 0.6) is 0 Å². The summed E-state index contributed by atoms with van der Waals surface area (Å²) in [5, 5.41) is 11.2. The zero-order valence-corrected chi connectivity index (χ0v) is 25.2. The van der Waals surface area contributed by atoms with E-state index in [4.69, 9.17) is 16.6 Å². The molecule has 1 saturated carbocycles. The van der Waals surface area contributed by atoms with Crippen LogP contribution in [0.1, 0.15) is 53.5 Å². The Bertz CT molecular complexity index is 1790. The first-order chi connectivity index (χ1) is 21.9. The van der Waals surface area contributed by atoms with Crippen LogP contribution in [-0.4, -0.2) is 50.3 Å². The lowest BCUT2D eigenvalue weighted by molar-refractivity contribution is -0.659. The fourth-order valence-electron chi connectivity index (χ4n) is 6.42. The van der Waals surface area contributed by atoms with Gasteiger partial charge in [0, 0.05) is 53.5 Å². The Labute approximate surface area is 264 Å². The third-order valence-electron chi connectivity index (χ3n) is 9.05. The van der Waals surface area contributed by atoms with Gasteiger partial charge in [0.2, 0.25) is 5.91 Å². The maximum absolute atomic E-state index is 13.5. The number of aromatic nitrogens is 5. The van der Waals surface area contributed by atoms with E-state index in [-0.39, 0.29) is 18.3 Å². The van der Waals surface area contributed by atoms with Crippen LogP contribution < -0.4 is 4.68 Å². The minimum atomic E-state index is -2.82. The van der Waals surface area contributed by atoms with Crippen molar-refractivity contribution in [3.63, 3.8) is 0 Å². The number of benzene rings is 3. The van der Waals surface area contributed by atoms with E-state index in [0.717, 1.165) is 47.3 Å². The van der Waals surface area contributed by atoms with Crippen molar-refractivity contribution in [3.05, 3.63) is 125 Å². The normalized spacial score (nSPS) is 18.5. The molecule has 3 heterocycles. The third-order valence-corrected chi connectivity index (χ3v) is 9.28. The van der Waals surface area contributed by atoms with Crippen molar-refractivity contribution in [3.8, 4) is 16.8 Å². The lowest BCUT2D eigenvalue weighted by atomic mass is 9.84. The number of likely N-dealkylation sites (tertiary alicyclic amines) is 1. The SMILES string of the molecule is O=C(C1CC1(F)F)N1CCC(c2cccc([C@H](Cc3ccccc3)c3ccc(-c4cc(Cl)ccc4-[n+]4cnn[nH]4)cn3)c2)CC1. The standard InChI is InChI=1S/C35H31ClF2N6O/c36-28-10-12-33(44-22-40-41-42-44)30(19-28)27-9-11-32(39-21-27)29(17-23-5-2-1-3-6-23)26-8-4-7-25(18-26)24-13-15-43(16-14-24)34(45)31-20-35(31,37)38/h1-12,18-19,21-22,24,29,31H,13-17,20H2/p+1/t29-,31?/m0/s1. The summed E-state index contributed by atoms with van der Waals surface area (Å²) in [6.45, 7) is 1.02. The molecule has 228 valence electrons. The average Bonchev–Trinajstić information content (AvgIpc) is 3.42. The Morgan fingerprint density at radius 2 is 1.82 bits per heavy atom. The molecule has 2 fully saturated rings. The van der Waals surface area contributed by atoms with Crippen molar-refractivity contribution in [1.29, 1.82) is 0 Å². The van der Waals surface area contributed by atoms with E-state index in [2.05, 4.69) is 76.2 Å². The largest absolute Gasteiger partial charge is 0.342 e. The topological polar surface area (TPSA) is 78.6 Å². The number of tetrazole rings is 1. The molecule has 10 heteroatoms. The highest BCUT2D eigenvalue weighted by Gasteiger charge is 2.62. The van der Waals surface area contributed by atoms with Crippen LogP contribution in [0.4, 0.5) is 8.78 Å². The number of carbonyl (C=O) groups excluding carboxylic acids is 1. The van der Waals surface area contributed by atoms with E-state index in [9.17, 15) is 13.6 Å². The van der Waals surface area contributed by atoms with E-state index in [1.165, 1.54) is 11.1 Å². The van der Waals surface area contributed by atoms with Crippen LogP contribution in [0.3, 0.4) is 0 Å². The number of nitrogens with one attached hydrogen (secondary N) is 1. The van der Waals surface area contributed by atoms with E-state index in [1.54, 1.807) is 15.9 Å². The number of aromatic amines is 1. The third kappa shape index (κ3) is 6.22. The van der Waals surface area contributed by atoms with Gasteiger partial charge in [0.1, 0.15) is 16.7 Å². The second-order valence-corrected chi connectivity index (χ2v) is 12.4. The van der Waals surface area contributed by atoms with E-state index < -0.39 is 17.7 Å². The molecular weight excluding hydrogens is 594 g/mol. The van der Waals surface area contributed by atoms with Gasteiger partial charge in [-0.05, 0) is 66.1 Å². The summed E-state index contributed by atoms with van der Waals surface area (Å²) in [5.41, 5.74) is 7.19. The Balaban J connectivity index is 1.15. The molecule has 1 unspecified atom stereocenters. The second kappa shape index (κ2) is 12.1. The van der Waals surface area contributed by atoms with Crippen LogP contribution >= 0.6 is 11.6 Å². The predicted octanol–water partition coefficient (Wildman–Crippen LogP) is 6.53. The molecule has 0 bridgehead atoms. The number of hydrogen-bond donors (Lipinski definition) is 1. The first-order valence-electron chi connectivity index (χ1n) is 15.2. The van der Waals surface area contributed by atoms with Crippen molar-refractivity contribution in [1.82, 2.24) is 25.4 Å². The molecule has 2 aromatic heterocycles. The van der Waals surface area contributed by atoms with Crippen LogP contribution in [0.25, 0.3) is 16.8 Å². The molecule has 45 heavy (non-hydrogen) atoms. The summed E-state index contributed by atoms with van der Waals surface area (Å²) in [6, 6.07) is 28.8. The zero-order chi connectivity index (χ0) is 31.0. The second-order valence-electron chi connectivity index (χ2n) is 12.0. The molecule has 1 saturated heterocycles. The Morgan fingerprint density at radius 3 is 2.51 bits per heavy atom. The van der Waals surface area contributed by atoms with E-state index in [1.807, 2.05) is 30.5 Å². The van der Waals surface area contributed by atoms with Crippen LogP contribution in [0.2, 0.25) is 5.02 Å². The lowest BCUT2D eigenvalue weighted by Gasteiger charge is -2.32. The van der Waals surface area contributed by atoms with Crippen molar-refractivity contribution in [2.24, 2.45) is 5.92 Å². The molecule has 1 N–H and O–H groups in total. The van der Waals surface area contributed by atoms with Crippen molar-refractivity contribution < 1.29 is 18.3 Å². The number of rotatable bonds is 8. The molecule has 7 nitrogen and oxygen atoms in total. The average molecular weight is 626 g/mol. The van der Waals surface area contributed by atoms with E-state index >= 15 is 0 Å². The number of pyridine rings is 1. The highest BCUT2D eigenvalue weighted by molar-refractivity contribution is 6.31. The first kappa shape index (κ1) is 29.2. The Hall–Kier alpha value is -4.50. The minimum Gasteiger partial charge on any atom is -0.342 e. The number of amides is 1. The van der Waals surface area contributed by atoms with Gasteiger partial charge >= 0.3 is 0 Å². The number of carbonyl (C=O) groups is 1. The zero-order valence-electron chi connectivity index (χ0n) is 24.5. The lowest BCUT2D eigenvalue weighted by Crippen LogP contribution is -2.39. The fourth-order valence-corrected chi connectivity index (χ4v) is 6.59. The monoisotopic (exact) mass is 625 g/mol. The molecule has 5 aromatic rings. The molecule has 0 spiro atoms. The number of alkyl halides is 2. The van der Waals surface area contributed by atoms with Gasteiger partial charge in [-0.3, -0.25) is 9.78 Å². The fraction of sp³-hybridized carbons (Fsp3) is 0.286. The van der Waals surface area contributed by atoms with Crippen molar-refractivity contribution in [2.45, 2.75) is 43.4 Å². The molecule has 7 rings (SSSR count). The molecule has 2 atom stereocenters. The van der Waals surface area contributed by atoms with Gasteiger partial charge in [-0.25, -0.2) is 8.78 Å².